The molecule has 1 aliphatic rings. The second-order valence-electron chi connectivity index (χ2n) is 6.32. The maximum absolute atomic E-state index is 12.3. The van der Waals surface area contributed by atoms with Crippen molar-refractivity contribution in [3.8, 4) is 0 Å². The van der Waals surface area contributed by atoms with Crippen LogP contribution in [0.5, 0.6) is 0 Å². The lowest BCUT2D eigenvalue weighted by molar-refractivity contribution is -0.143. The number of carbonyl (C=O) groups excluding carboxylic acids is 1. The van der Waals surface area contributed by atoms with Crippen molar-refractivity contribution in [3.05, 3.63) is 18.5 Å². The Kier molecular flexibility index (Phi) is 6.61. The minimum absolute atomic E-state index is 0.0813. The Morgan fingerprint density at radius 3 is 2.92 bits per heavy atom. The standard InChI is InChI=1S/C15H24F3N5O/c1-12(9-23-5-2-4-21-23)19-8-14(24)20-7-13-3-6-22(10-13)11-15(16,17)18/h2,4-5,12-13,19H,3,6-11H2,1H3,(H,20,24)/t12-,13+/m1/s1. The molecule has 2 rings (SSSR count). The van der Waals surface area contributed by atoms with Crippen molar-refractivity contribution in [2.75, 3.05) is 32.7 Å². The molecule has 2 atom stereocenters. The summed E-state index contributed by atoms with van der Waals surface area (Å²) in [7, 11) is 0. The van der Waals surface area contributed by atoms with E-state index in [2.05, 4.69) is 15.7 Å². The number of carbonyl (C=O) groups is 1. The van der Waals surface area contributed by atoms with Crippen LogP contribution >= 0.6 is 0 Å². The van der Waals surface area contributed by atoms with Crippen molar-refractivity contribution < 1.29 is 18.0 Å². The van der Waals surface area contributed by atoms with Crippen molar-refractivity contribution in [1.29, 1.82) is 0 Å². The van der Waals surface area contributed by atoms with Crippen LogP contribution in [0.3, 0.4) is 0 Å². The summed E-state index contributed by atoms with van der Waals surface area (Å²) in [5.41, 5.74) is 0. The fourth-order valence-electron chi connectivity index (χ4n) is 2.82. The van der Waals surface area contributed by atoms with Crippen molar-refractivity contribution >= 4 is 5.91 Å². The van der Waals surface area contributed by atoms with Crippen LogP contribution in [-0.2, 0) is 11.3 Å². The number of likely N-dealkylation sites (tertiary alicyclic amines) is 1. The highest BCUT2D eigenvalue weighted by atomic mass is 19.4. The number of hydrogen-bond donors (Lipinski definition) is 2. The van der Waals surface area contributed by atoms with Gasteiger partial charge in [-0.2, -0.15) is 18.3 Å². The first kappa shape index (κ1) is 18.7. The van der Waals surface area contributed by atoms with Crippen LogP contribution in [0.15, 0.2) is 18.5 Å². The van der Waals surface area contributed by atoms with Crippen molar-refractivity contribution in [3.63, 3.8) is 0 Å². The molecule has 0 unspecified atom stereocenters. The second kappa shape index (κ2) is 8.48. The maximum Gasteiger partial charge on any atom is 0.401 e. The summed E-state index contributed by atoms with van der Waals surface area (Å²) in [5, 5.41) is 9.99. The van der Waals surface area contributed by atoms with E-state index in [4.69, 9.17) is 0 Å². The number of nitrogens with one attached hydrogen (secondary N) is 2. The molecule has 1 aliphatic heterocycles. The summed E-state index contributed by atoms with van der Waals surface area (Å²) in [5.74, 6) is -0.0608. The lowest BCUT2D eigenvalue weighted by Crippen LogP contribution is -2.41. The highest BCUT2D eigenvalue weighted by Gasteiger charge is 2.34. The number of nitrogens with zero attached hydrogens (tertiary/aromatic N) is 3. The molecular weight excluding hydrogens is 323 g/mol. The predicted octanol–water partition coefficient (Wildman–Crippen LogP) is 0.862. The smallest absolute Gasteiger partial charge is 0.355 e. The van der Waals surface area contributed by atoms with E-state index in [0.29, 0.717) is 32.6 Å². The fourth-order valence-corrected chi connectivity index (χ4v) is 2.82. The maximum atomic E-state index is 12.3. The minimum atomic E-state index is -4.16. The first-order valence-electron chi connectivity index (χ1n) is 8.08. The Hall–Kier alpha value is -1.61. The Morgan fingerprint density at radius 1 is 1.46 bits per heavy atom. The summed E-state index contributed by atoms with van der Waals surface area (Å²) in [6, 6.07) is 1.92. The normalized spacial score (nSPS) is 20.2. The van der Waals surface area contributed by atoms with E-state index in [1.165, 1.54) is 4.90 Å². The van der Waals surface area contributed by atoms with Gasteiger partial charge in [-0.3, -0.25) is 14.4 Å². The minimum Gasteiger partial charge on any atom is -0.355 e. The van der Waals surface area contributed by atoms with Gasteiger partial charge in [0.2, 0.25) is 5.91 Å². The third-order valence-electron chi connectivity index (χ3n) is 3.99. The van der Waals surface area contributed by atoms with Crippen LogP contribution in [-0.4, -0.2) is 65.5 Å². The zero-order valence-corrected chi connectivity index (χ0v) is 13.7. The molecule has 1 aromatic heterocycles. The summed E-state index contributed by atoms with van der Waals surface area (Å²) in [6.07, 6.45) is 0.0699. The Bertz CT molecular complexity index is 506. The van der Waals surface area contributed by atoms with Gasteiger partial charge in [0, 0.05) is 31.5 Å². The van der Waals surface area contributed by atoms with Gasteiger partial charge in [0.15, 0.2) is 0 Å². The van der Waals surface area contributed by atoms with E-state index in [1.807, 2.05) is 19.2 Å². The summed E-state index contributed by atoms with van der Waals surface area (Å²) >= 11 is 0. The van der Waals surface area contributed by atoms with Gasteiger partial charge in [0.25, 0.3) is 0 Å². The lowest BCUT2D eigenvalue weighted by Gasteiger charge is -2.18. The molecule has 9 heteroatoms. The summed E-state index contributed by atoms with van der Waals surface area (Å²) in [4.78, 5) is 13.2. The number of alkyl halides is 3. The topological polar surface area (TPSA) is 62.2 Å². The van der Waals surface area contributed by atoms with Gasteiger partial charge in [-0.1, -0.05) is 0 Å². The van der Waals surface area contributed by atoms with Crippen molar-refractivity contribution in [2.45, 2.75) is 32.1 Å². The predicted molar refractivity (Wildman–Crippen MR) is 83.3 cm³/mol. The molecular formula is C15H24F3N5O. The quantitative estimate of drug-likeness (QED) is 0.732. The zero-order valence-electron chi connectivity index (χ0n) is 13.7. The summed E-state index contributed by atoms with van der Waals surface area (Å²) in [6.45, 7) is 3.16. The number of amides is 1. The molecule has 0 aromatic carbocycles. The molecule has 2 N–H and O–H groups in total. The van der Waals surface area contributed by atoms with Gasteiger partial charge in [0.1, 0.15) is 0 Å². The summed E-state index contributed by atoms with van der Waals surface area (Å²) < 4.78 is 38.8. The highest BCUT2D eigenvalue weighted by Crippen LogP contribution is 2.22. The van der Waals surface area contributed by atoms with Crippen LogP contribution in [0.1, 0.15) is 13.3 Å². The van der Waals surface area contributed by atoms with E-state index in [-0.39, 0.29) is 24.4 Å². The third kappa shape index (κ3) is 6.88. The van der Waals surface area contributed by atoms with Crippen molar-refractivity contribution in [1.82, 2.24) is 25.3 Å². The van der Waals surface area contributed by atoms with E-state index >= 15 is 0 Å². The van der Waals surface area contributed by atoms with E-state index in [0.717, 1.165) is 0 Å². The van der Waals surface area contributed by atoms with Crippen molar-refractivity contribution in [2.24, 2.45) is 5.92 Å². The number of rotatable bonds is 8. The molecule has 0 radical (unpaired) electrons. The molecule has 1 fully saturated rings. The van der Waals surface area contributed by atoms with Crippen LogP contribution < -0.4 is 10.6 Å². The largest absolute Gasteiger partial charge is 0.401 e. The average molecular weight is 347 g/mol. The van der Waals surface area contributed by atoms with Gasteiger partial charge in [-0.25, -0.2) is 0 Å². The van der Waals surface area contributed by atoms with Gasteiger partial charge in [-0.05, 0) is 31.9 Å². The highest BCUT2D eigenvalue weighted by molar-refractivity contribution is 5.78. The van der Waals surface area contributed by atoms with E-state index in [9.17, 15) is 18.0 Å². The van der Waals surface area contributed by atoms with Crippen LogP contribution in [0, 0.1) is 5.92 Å². The molecule has 24 heavy (non-hydrogen) atoms. The molecule has 2 heterocycles. The van der Waals surface area contributed by atoms with Gasteiger partial charge < -0.3 is 10.6 Å². The molecule has 1 saturated heterocycles. The molecule has 136 valence electrons. The fraction of sp³-hybridized carbons (Fsp3) is 0.733. The molecule has 0 spiro atoms. The number of hydrogen-bond acceptors (Lipinski definition) is 4. The number of halogens is 3. The van der Waals surface area contributed by atoms with Gasteiger partial charge in [0.05, 0.1) is 19.6 Å². The molecule has 0 saturated carbocycles. The molecule has 1 amide bonds. The third-order valence-corrected chi connectivity index (χ3v) is 3.99. The first-order chi connectivity index (χ1) is 11.3. The molecule has 1 aromatic rings. The van der Waals surface area contributed by atoms with Crippen LogP contribution in [0.4, 0.5) is 13.2 Å². The van der Waals surface area contributed by atoms with E-state index < -0.39 is 12.7 Å². The first-order valence-corrected chi connectivity index (χ1v) is 8.08. The second-order valence-corrected chi connectivity index (χ2v) is 6.32. The Balaban J connectivity index is 1.58. The van der Waals surface area contributed by atoms with Gasteiger partial charge >= 0.3 is 6.18 Å². The monoisotopic (exact) mass is 347 g/mol. The van der Waals surface area contributed by atoms with Gasteiger partial charge in [-0.15, -0.1) is 0 Å². The van der Waals surface area contributed by atoms with E-state index in [1.54, 1.807) is 10.9 Å². The Labute approximate surface area is 139 Å². The number of aromatic nitrogens is 2. The van der Waals surface area contributed by atoms with Crippen LogP contribution in [0.2, 0.25) is 0 Å². The van der Waals surface area contributed by atoms with Crippen LogP contribution in [0.25, 0.3) is 0 Å². The zero-order chi connectivity index (χ0) is 17.6. The molecule has 6 nitrogen and oxygen atoms in total. The SMILES string of the molecule is C[C@H](Cn1cccn1)NCC(=O)NC[C@@H]1CCN(CC(F)(F)F)C1. The lowest BCUT2D eigenvalue weighted by atomic mass is 10.1. The molecule has 0 bridgehead atoms. The average Bonchev–Trinajstić information content (AvgIpc) is 3.13. The Morgan fingerprint density at radius 2 is 2.25 bits per heavy atom. The molecule has 0 aliphatic carbocycles.